The van der Waals surface area contributed by atoms with Crippen molar-refractivity contribution < 1.29 is 30.0 Å². The van der Waals surface area contributed by atoms with Crippen LogP contribution in [0.5, 0.6) is 0 Å². The molecule has 20 heavy (non-hydrogen) atoms. The Morgan fingerprint density at radius 3 is 0.750 bits per heavy atom. The van der Waals surface area contributed by atoms with E-state index in [4.69, 9.17) is 30.0 Å². The highest BCUT2D eigenvalue weighted by atomic mass is 16.6. The molecule has 0 saturated heterocycles. The molecule has 0 aromatic heterocycles. The van der Waals surface area contributed by atoms with E-state index in [1.54, 1.807) is 0 Å². The van der Waals surface area contributed by atoms with Crippen LogP contribution >= 0.6 is 0 Å². The van der Waals surface area contributed by atoms with Crippen molar-refractivity contribution in [2.24, 2.45) is 0 Å². The minimum absolute atomic E-state index is 1.25. The summed E-state index contributed by atoms with van der Waals surface area (Å²) in [5.41, 5.74) is 0. The Labute approximate surface area is 124 Å². The van der Waals surface area contributed by atoms with Crippen LogP contribution in [-0.2, 0) is 0 Å². The molecular weight excluding hydrogens is 264 g/mol. The van der Waals surface area contributed by atoms with Gasteiger partial charge in [0.2, 0.25) is 0 Å². The van der Waals surface area contributed by atoms with Crippen molar-refractivity contribution in [3.8, 4) is 0 Å². The van der Waals surface area contributed by atoms with Crippen molar-refractivity contribution >= 4 is 12.3 Å². The Morgan fingerprint density at radius 2 is 0.750 bits per heavy atom. The molecule has 0 rings (SSSR count). The van der Waals surface area contributed by atoms with Crippen LogP contribution in [-0.4, -0.2) is 32.7 Å². The van der Waals surface area contributed by atoms with Crippen LogP contribution in [0.1, 0.15) is 81.1 Å². The van der Waals surface area contributed by atoms with E-state index in [0.717, 1.165) is 0 Å². The first-order valence-corrected chi connectivity index (χ1v) is 7.13. The lowest BCUT2D eigenvalue weighted by Gasteiger charge is -1.79. The lowest BCUT2D eigenvalue weighted by Crippen LogP contribution is -1.81. The Kier molecular flexibility index (Phi) is 119. The van der Waals surface area contributed by atoms with Crippen LogP contribution in [0.4, 0.5) is 9.59 Å². The van der Waals surface area contributed by atoms with E-state index in [2.05, 4.69) is 27.7 Å². The minimum Gasteiger partial charge on any atom is -0.450 e. The number of hydrogen-bond donors (Lipinski definition) is 4. The molecule has 0 aromatic rings. The Balaban J connectivity index is -0.0000000305. The van der Waals surface area contributed by atoms with Gasteiger partial charge in [-0.1, -0.05) is 81.1 Å². The van der Waals surface area contributed by atoms with Crippen molar-refractivity contribution in [3.63, 3.8) is 0 Å². The van der Waals surface area contributed by atoms with Gasteiger partial charge in [-0.25, -0.2) is 9.59 Å². The molecule has 0 amide bonds. The fourth-order valence-corrected chi connectivity index (χ4v) is 0.354. The van der Waals surface area contributed by atoms with Gasteiger partial charge in [0.1, 0.15) is 0 Å². The summed E-state index contributed by atoms with van der Waals surface area (Å²) in [6.07, 6.45) is 1.66. The van der Waals surface area contributed by atoms with Gasteiger partial charge in [-0.05, 0) is 0 Å². The van der Waals surface area contributed by atoms with E-state index in [0.29, 0.717) is 0 Å². The molecule has 128 valence electrons. The van der Waals surface area contributed by atoms with Crippen LogP contribution in [0.3, 0.4) is 0 Å². The van der Waals surface area contributed by atoms with Crippen LogP contribution < -0.4 is 0 Å². The maximum absolute atomic E-state index is 8.56. The van der Waals surface area contributed by atoms with E-state index in [9.17, 15) is 0 Å². The zero-order valence-electron chi connectivity index (χ0n) is 14.4. The first-order chi connectivity index (χ1) is 9.29. The second-order valence-electron chi connectivity index (χ2n) is 2.63. The normalized spacial score (nSPS) is 6.00. The van der Waals surface area contributed by atoms with Gasteiger partial charge in [-0.15, -0.1) is 0 Å². The van der Waals surface area contributed by atoms with Crippen LogP contribution in [0.25, 0.3) is 0 Å². The quantitative estimate of drug-likeness (QED) is 0.489. The molecule has 0 atom stereocenters. The molecule has 0 unspecified atom stereocenters. The second kappa shape index (κ2) is 65.8. The Morgan fingerprint density at radius 1 is 0.650 bits per heavy atom. The van der Waals surface area contributed by atoms with Gasteiger partial charge in [0.05, 0.1) is 0 Å². The maximum Gasteiger partial charge on any atom is 0.503 e. The van der Waals surface area contributed by atoms with Gasteiger partial charge < -0.3 is 20.4 Å². The van der Waals surface area contributed by atoms with E-state index in [-0.39, 0.29) is 0 Å². The molecule has 0 spiro atoms. The average Bonchev–Trinajstić information content (AvgIpc) is 2.35. The molecule has 0 heterocycles. The molecule has 0 fully saturated rings. The zero-order chi connectivity index (χ0) is 18.0. The molecule has 0 aliphatic carbocycles. The largest absolute Gasteiger partial charge is 0.503 e. The molecule has 4 N–H and O–H groups in total. The number of rotatable bonds is 2. The standard InChI is InChI=1S/C5H12.C3H8.2C2H6.2CH2O3/c1-3-5-4-2;1-3-2;2*1-2;2*2-1(3)4/h3-5H2,1-2H3;3H2,1-2H3;2*1-2H3;2*(H2,2,3,4). The SMILES string of the molecule is CC.CC.CCC.CCCCC.O=C(O)O.O=C(O)O. The molecule has 0 saturated carbocycles. The van der Waals surface area contributed by atoms with Crippen molar-refractivity contribution in [3.05, 3.63) is 0 Å². The van der Waals surface area contributed by atoms with Crippen LogP contribution in [0, 0.1) is 0 Å². The van der Waals surface area contributed by atoms with Crippen LogP contribution in [0.15, 0.2) is 0 Å². The zero-order valence-corrected chi connectivity index (χ0v) is 14.4. The fraction of sp³-hybridized carbons (Fsp3) is 0.857. The highest BCUT2D eigenvalue weighted by Crippen LogP contribution is 1.88. The van der Waals surface area contributed by atoms with E-state index >= 15 is 0 Å². The van der Waals surface area contributed by atoms with Gasteiger partial charge in [0, 0.05) is 0 Å². The van der Waals surface area contributed by atoms with E-state index < -0.39 is 12.3 Å². The number of unbranched alkanes of at least 4 members (excludes halogenated alkanes) is 2. The molecule has 6 heteroatoms. The van der Waals surface area contributed by atoms with Crippen molar-refractivity contribution in [1.82, 2.24) is 0 Å². The average molecular weight is 300 g/mol. The minimum atomic E-state index is -1.83. The predicted octanol–water partition coefficient (Wildman–Crippen LogP) is 6.11. The molecule has 0 aliphatic rings. The summed E-state index contributed by atoms with van der Waals surface area (Å²) < 4.78 is 0. The fourth-order valence-electron chi connectivity index (χ4n) is 0.354. The first kappa shape index (κ1) is 36.3. The third-order valence-corrected chi connectivity index (χ3v) is 0.707. The smallest absolute Gasteiger partial charge is 0.450 e. The van der Waals surface area contributed by atoms with E-state index in [1.165, 1.54) is 25.7 Å². The predicted molar refractivity (Wildman–Crippen MR) is 85.2 cm³/mol. The van der Waals surface area contributed by atoms with Gasteiger partial charge in [-0.2, -0.15) is 0 Å². The summed E-state index contributed by atoms with van der Waals surface area (Å²) >= 11 is 0. The van der Waals surface area contributed by atoms with Gasteiger partial charge in [0.25, 0.3) is 0 Å². The first-order valence-electron chi connectivity index (χ1n) is 7.13. The van der Waals surface area contributed by atoms with Gasteiger partial charge in [-0.3, -0.25) is 0 Å². The van der Waals surface area contributed by atoms with Crippen LogP contribution in [0.2, 0.25) is 0 Å². The highest BCUT2D eigenvalue weighted by molar-refractivity contribution is 5.53. The van der Waals surface area contributed by atoms with Crippen molar-refractivity contribution in [2.75, 3.05) is 0 Å². The lowest BCUT2D eigenvalue weighted by atomic mass is 10.3. The summed E-state index contributed by atoms with van der Waals surface area (Å²) in [6, 6.07) is 0. The summed E-state index contributed by atoms with van der Waals surface area (Å²) in [6.45, 7) is 16.7. The monoisotopic (exact) mass is 300 g/mol. The van der Waals surface area contributed by atoms with E-state index in [1.807, 2.05) is 27.7 Å². The summed E-state index contributed by atoms with van der Waals surface area (Å²) in [5, 5.41) is 27.9. The second-order valence-corrected chi connectivity index (χ2v) is 2.63. The van der Waals surface area contributed by atoms with Crippen molar-refractivity contribution in [1.29, 1.82) is 0 Å². The molecular formula is C14H36O6. The van der Waals surface area contributed by atoms with Gasteiger partial charge >= 0.3 is 12.3 Å². The third-order valence-electron chi connectivity index (χ3n) is 0.707. The molecule has 0 radical (unpaired) electrons. The molecule has 6 nitrogen and oxygen atoms in total. The molecule has 0 bridgehead atoms. The topological polar surface area (TPSA) is 115 Å². The Hall–Kier alpha value is -1.46. The third kappa shape index (κ3) is 13700. The number of hydrogen-bond acceptors (Lipinski definition) is 2. The summed E-state index contributed by atoms with van der Waals surface area (Å²) in [4.78, 5) is 17.1. The van der Waals surface area contributed by atoms with Crippen molar-refractivity contribution in [2.45, 2.75) is 81.1 Å². The lowest BCUT2D eigenvalue weighted by molar-refractivity contribution is 0.135. The number of carboxylic acid groups (broad SMARTS) is 4. The highest BCUT2D eigenvalue weighted by Gasteiger charge is 1.70. The summed E-state index contributed by atoms with van der Waals surface area (Å²) in [7, 11) is 0. The Bertz CT molecular complexity index is 116. The summed E-state index contributed by atoms with van der Waals surface area (Å²) in [5.74, 6) is 0. The number of carbonyl (C=O) groups is 2. The van der Waals surface area contributed by atoms with Gasteiger partial charge in [0.15, 0.2) is 0 Å². The maximum atomic E-state index is 8.56. The molecule has 0 aliphatic heterocycles. The molecule has 0 aromatic carbocycles.